The zero-order valence-corrected chi connectivity index (χ0v) is 20.3. The molecule has 0 atom stereocenters. The summed E-state index contributed by atoms with van der Waals surface area (Å²) < 4.78 is 0.756. The summed E-state index contributed by atoms with van der Waals surface area (Å²) in [6.45, 7) is 0. The van der Waals surface area contributed by atoms with Gasteiger partial charge in [-0.25, -0.2) is 0 Å². The molecule has 0 spiro atoms. The monoisotopic (exact) mass is 571 g/mol. The molecule has 0 saturated heterocycles. The zero-order valence-electron chi connectivity index (χ0n) is 17.7. The molecule has 0 amide bonds. The number of rotatable bonds is 6. The van der Waals surface area contributed by atoms with Gasteiger partial charge in [-0.1, -0.05) is 0 Å². The maximum absolute atomic E-state index is 12.0. The van der Waals surface area contributed by atoms with Crippen LogP contribution in [0.2, 0.25) is 0 Å². The van der Waals surface area contributed by atoms with Crippen molar-refractivity contribution in [2.75, 3.05) is 0 Å². The summed E-state index contributed by atoms with van der Waals surface area (Å²) in [6, 6.07) is 13.3. The molecule has 1 heterocycles. The fraction of sp³-hybridized carbons (Fsp3) is 0.0455. The number of nitrogens with zero attached hydrogens (tertiary/aromatic N) is 4. The third-order valence-electron chi connectivity index (χ3n) is 5.74. The summed E-state index contributed by atoms with van der Waals surface area (Å²) in [5, 5.41) is 47.1. The Hall–Kier alpha value is -4.39. The van der Waals surface area contributed by atoms with Gasteiger partial charge in [0.15, 0.2) is 0 Å². The first-order valence-corrected chi connectivity index (χ1v) is 12.7. The van der Waals surface area contributed by atoms with Crippen LogP contribution in [-0.4, -0.2) is 34.2 Å². The molecular weight excluding hydrogens is 559 g/mol. The van der Waals surface area contributed by atoms with E-state index in [9.17, 15) is 40.5 Å². The van der Waals surface area contributed by atoms with Crippen LogP contribution < -0.4 is 0 Å². The van der Waals surface area contributed by atoms with Crippen LogP contribution in [0.4, 0.5) is 22.7 Å². The van der Waals surface area contributed by atoms with Crippen LogP contribution in [0.25, 0.3) is 21.6 Å². The first-order chi connectivity index (χ1) is 17.2. The van der Waals surface area contributed by atoms with Crippen LogP contribution in [0.3, 0.4) is 0 Å². The predicted molar refractivity (Wildman–Crippen MR) is 131 cm³/mol. The van der Waals surface area contributed by atoms with Gasteiger partial charge in [-0.05, 0) is 0 Å². The van der Waals surface area contributed by atoms with Gasteiger partial charge in [-0.2, -0.15) is 0 Å². The van der Waals surface area contributed by atoms with Crippen molar-refractivity contribution < 1.29 is 19.7 Å². The quantitative estimate of drug-likeness (QED) is 0.111. The average molecular weight is 570 g/mol. The Bertz CT molecular complexity index is 1540. The zero-order chi connectivity index (χ0) is 25.7. The van der Waals surface area contributed by atoms with Crippen molar-refractivity contribution in [1.82, 2.24) is 0 Å². The molecule has 12 nitrogen and oxygen atoms in total. The van der Waals surface area contributed by atoms with E-state index in [1.165, 1.54) is 23.5 Å². The van der Waals surface area contributed by atoms with E-state index in [1.807, 2.05) is 35.3 Å². The van der Waals surface area contributed by atoms with E-state index < -0.39 is 48.4 Å². The first-order valence-electron chi connectivity index (χ1n) is 10.1. The Kier molecular flexibility index (Phi) is 5.63. The Morgan fingerprint density at radius 1 is 0.694 bits per heavy atom. The summed E-state index contributed by atoms with van der Waals surface area (Å²) in [6.07, 6.45) is 0. The molecule has 36 heavy (non-hydrogen) atoms. The van der Waals surface area contributed by atoms with Crippen LogP contribution in [0, 0.1) is 40.5 Å². The Morgan fingerprint density at radius 2 is 1.19 bits per heavy atom. The maximum atomic E-state index is 12.0. The molecule has 1 aromatic heterocycles. The SMILES string of the molecule is O=[N+]([O-])c1cc2c(c([N+](=O)[O-])c1)-c1c(cc([N+](=O)[O-])cc1[N+](=O)[O-])C2c1[s+]c(-c2ccccc2)c[se]1. The second kappa shape index (κ2) is 8.68. The minimum atomic E-state index is -0.838. The molecule has 1 aliphatic carbocycles. The van der Waals surface area contributed by atoms with Gasteiger partial charge in [-0.3, -0.25) is 0 Å². The number of benzene rings is 3. The second-order valence-corrected chi connectivity index (χ2v) is 11.3. The van der Waals surface area contributed by atoms with E-state index in [0.717, 1.165) is 26.3 Å². The molecule has 178 valence electrons. The van der Waals surface area contributed by atoms with Gasteiger partial charge in [0.1, 0.15) is 0 Å². The van der Waals surface area contributed by atoms with Crippen molar-refractivity contribution in [1.29, 1.82) is 0 Å². The number of fused-ring (bicyclic) bond motifs is 3. The molecule has 0 N–H and O–H groups in total. The molecule has 3 aromatic carbocycles. The van der Waals surface area contributed by atoms with Gasteiger partial charge >= 0.3 is 211 Å². The third kappa shape index (κ3) is 3.73. The van der Waals surface area contributed by atoms with E-state index in [4.69, 9.17) is 0 Å². The average Bonchev–Trinajstić information content (AvgIpc) is 3.45. The van der Waals surface area contributed by atoms with Crippen LogP contribution in [0.1, 0.15) is 20.8 Å². The molecule has 0 aliphatic heterocycles. The first kappa shape index (κ1) is 23.4. The van der Waals surface area contributed by atoms with Crippen LogP contribution in [0.5, 0.6) is 0 Å². The van der Waals surface area contributed by atoms with Gasteiger partial charge in [0.25, 0.3) is 0 Å². The Morgan fingerprint density at radius 3 is 1.64 bits per heavy atom. The summed E-state index contributed by atoms with van der Waals surface area (Å²) in [4.78, 5) is 46.8. The number of hydrogen-bond donors (Lipinski definition) is 0. The van der Waals surface area contributed by atoms with Crippen molar-refractivity contribution >= 4 is 48.6 Å². The number of non-ortho nitro benzene ring substituents is 2. The molecule has 0 unspecified atom stereocenters. The fourth-order valence-electron chi connectivity index (χ4n) is 4.31. The predicted octanol–water partition coefficient (Wildman–Crippen LogP) is 5.55. The van der Waals surface area contributed by atoms with E-state index in [2.05, 4.69) is 0 Å². The molecule has 14 heteroatoms. The van der Waals surface area contributed by atoms with Crippen molar-refractivity contribution in [3.8, 4) is 21.6 Å². The van der Waals surface area contributed by atoms with Crippen molar-refractivity contribution in [3.63, 3.8) is 0 Å². The van der Waals surface area contributed by atoms with E-state index in [1.54, 1.807) is 0 Å². The van der Waals surface area contributed by atoms with E-state index >= 15 is 0 Å². The second-order valence-electron chi connectivity index (χ2n) is 7.71. The van der Waals surface area contributed by atoms with Crippen LogP contribution >= 0.6 is 11.3 Å². The molecule has 5 rings (SSSR count). The summed E-state index contributed by atoms with van der Waals surface area (Å²) >= 11 is 1.06. The summed E-state index contributed by atoms with van der Waals surface area (Å²) in [7, 11) is 0. The van der Waals surface area contributed by atoms with Gasteiger partial charge in [0, 0.05) is 0 Å². The molecule has 0 fully saturated rings. The molecule has 0 saturated carbocycles. The van der Waals surface area contributed by atoms with Crippen LogP contribution in [-0.2, 0) is 0 Å². The minimum absolute atomic E-state index is 0.121. The van der Waals surface area contributed by atoms with Gasteiger partial charge in [0.2, 0.25) is 0 Å². The van der Waals surface area contributed by atoms with Gasteiger partial charge < -0.3 is 0 Å². The summed E-state index contributed by atoms with van der Waals surface area (Å²) in [5.74, 6) is -0.838. The van der Waals surface area contributed by atoms with Crippen molar-refractivity contribution in [2.24, 2.45) is 0 Å². The van der Waals surface area contributed by atoms with Crippen molar-refractivity contribution in [3.05, 3.63) is 115 Å². The fourth-order valence-corrected chi connectivity index (χ4v) is 8.49. The molecule has 4 aromatic rings. The number of nitro benzene ring substituents is 4. The molecule has 1 aliphatic rings. The Labute approximate surface area is 210 Å². The Balaban J connectivity index is 1.86. The number of nitro groups is 4. The van der Waals surface area contributed by atoms with E-state index in [0.29, 0.717) is 0 Å². The standard InChI is InChI=1S/C22H11N4O8SSe/c27-23(28)12-6-14-19(22-35-18(10-36-22)11-4-2-1-3-5-11)15-7-13(24(29)30)9-17(26(33)34)21(15)20(14)16(8-12)25(31)32/h1-10,19H/q+1. The molecule has 0 bridgehead atoms. The number of hydrogen-bond acceptors (Lipinski definition) is 8. The topological polar surface area (TPSA) is 173 Å². The molecular formula is C22H11N4O8SSe+. The summed E-state index contributed by atoms with van der Waals surface area (Å²) in [5.41, 5.74) is -1.41. The van der Waals surface area contributed by atoms with Crippen molar-refractivity contribution in [2.45, 2.75) is 5.92 Å². The normalized spacial score (nSPS) is 12.1. The van der Waals surface area contributed by atoms with Crippen LogP contribution in [0.15, 0.2) is 59.5 Å². The third-order valence-corrected chi connectivity index (χ3v) is 9.83. The van der Waals surface area contributed by atoms with E-state index in [-0.39, 0.29) is 36.8 Å². The van der Waals surface area contributed by atoms with Gasteiger partial charge in [0.05, 0.1) is 0 Å². The van der Waals surface area contributed by atoms with Gasteiger partial charge in [-0.15, -0.1) is 0 Å². The molecule has 0 radical (unpaired) electrons.